The molecule has 0 spiro atoms. The smallest absolute Gasteiger partial charge is 0.337 e. The number of esters is 1. The van der Waals surface area contributed by atoms with E-state index in [1.807, 2.05) is 6.26 Å². The maximum Gasteiger partial charge on any atom is 0.337 e. The van der Waals surface area contributed by atoms with Gasteiger partial charge in [-0.2, -0.15) is 0 Å². The lowest BCUT2D eigenvalue weighted by Gasteiger charge is -2.11. The molecule has 0 fully saturated rings. The number of benzene rings is 2. The molecule has 2 aromatic carbocycles. The molecule has 144 valence electrons. The van der Waals surface area contributed by atoms with Crippen LogP contribution in [0.25, 0.3) is 5.69 Å². The van der Waals surface area contributed by atoms with E-state index >= 15 is 0 Å². The Morgan fingerprint density at radius 3 is 2.43 bits per heavy atom. The van der Waals surface area contributed by atoms with Crippen molar-refractivity contribution in [3.05, 3.63) is 77.4 Å². The lowest BCUT2D eigenvalue weighted by atomic mass is 10.1. The van der Waals surface area contributed by atoms with Gasteiger partial charge in [-0.3, -0.25) is 9.36 Å². The van der Waals surface area contributed by atoms with Crippen LogP contribution in [0.5, 0.6) is 0 Å². The molecule has 0 aliphatic rings. The minimum Gasteiger partial charge on any atom is -0.465 e. The van der Waals surface area contributed by atoms with Crippen molar-refractivity contribution in [2.75, 3.05) is 13.4 Å². The summed E-state index contributed by atoms with van der Waals surface area (Å²) < 4.78 is 19.6. The van der Waals surface area contributed by atoms with Gasteiger partial charge in [0.15, 0.2) is 5.16 Å². The number of methoxy groups -OCH3 is 1. The minimum atomic E-state index is -0.414. The van der Waals surface area contributed by atoms with Crippen LogP contribution in [0.1, 0.15) is 26.4 Å². The first-order valence-corrected chi connectivity index (χ1v) is 9.59. The fourth-order valence-electron chi connectivity index (χ4n) is 2.63. The molecule has 0 atom stereocenters. The van der Waals surface area contributed by atoms with Crippen LogP contribution in [0.2, 0.25) is 0 Å². The van der Waals surface area contributed by atoms with E-state index in [4.69, 9.17) is 0 Å². The van der Waals surface area contributed by atoms with Gasteiger partial charge in [0, 0.05) is 12.2 Å². The van der Waals surface area contributed by atoms with Crippen LogP contribution in [0.3, 0.4) is 0 Å². The number of carbonyl (C=O) groups is 2. The van der Waals surface area contributed by atoms with E-state index in [0.717, 1.165) is 5.56 Å². The Morgan fingerprint density at radius 2 is 1.82 bits per heavy atom. The molecule has 1 aromatic heterocycles. The number of hydrogen-bond acceptors (Lipinski definition) is 5. The third-order valence-corrected chi connectivity index (χ3v) is 4.71. The van der Waals surface area contributed by atoms with Crippen LogP contribution in [0.4, 0.5) is 4.39 Å². The van der Waals surface area contributed by atoms with Gasteiger partial charge in [-0.15, -0.1) is 0 Å². The predicted molar refractivity (Wildman–Crippen MR) is 104 cm³/mol. The summed E-state index contributed by atoms with van der Waals surface area (Å²) in [5.74, 6) is -1.08. The molecular formula is C20H18FN3O3S. The highest BCUT2D eigenvalue weighted by Gasteiger charge is 2.17. The number of halogens is 1. The Hall–Kier alpha value is -3.13. The summed E-state index contributed by atoms with van der Waals surface area (Å²) in [6, 6.07) is 12.6. The van der Waals surface area contributed by atoms with E-state index < -0.39 is 5.97 Å². The molecule has 0 bridgehead atoms. The Kier molecular flexibility index (Phi) is 6.10. The van der Waals surface area contributed by atoms with Crippen molar-refractivity contribution in [3.8, 4) is 5.69 Å². The highest BCUT2D eigenvalue weighted by atomic mass is 32.2. The number of rotatable bonds is 6. The monoisotopic (exact) mass is 399 g/mol. The molecule has 6 nitrogen and oxygen atoms in total. The number of thioether (sulfide) groups is 1. The molecule has 0 radical (unpaired) electrons. The maximum atomic E-state index is 13.2. The van der Waals surface area contributed by atoms with E-state index in [2.05, 4.69) is 15.0 Å². The van der Waals surface area contributed by atoms with Crippen molar-refractivity contribution in [2.45, 2.75) is 11.7 Å². The van der Waals surface area contributed by atoms with Crippen LogP contribution in [-0.4, -0.2) is 34.8 Å². The lowest BCUT2D eigenvalue weighted by molar-refractivity contribution is 0.0600. The second-order valence-corrected chi connectivity index (χ2v) is 6.59. The second-order valence-electron chi connectivity index (χ2n) is 5.81. The maximum absolute atomic E-state index is 13.2. The van der Waals surface area contributed by atoms with Crippen molar-refractivity contribution < 1.29 is 18.7 Å². The Bertz CT molecular complexity index is 985. The third kappa shape index (κ3) is 4.23. The molecule has 3 rings (SSSR count). The fourth-order valence-corrected chi connectivity index (χ4v) is 3.17. The average Bonchev–Trinajstić information content (AvgIpc) is 3.16. The zero-order chi connectivity index (χ0) is 20.1. The predicted octanol–water partition coefficient (Wildman–Crippen LogP) is 3.45. The van der Waals surface area contributed by atoms with Crippen LogP contribution in [0.15, 0.2) is 59.9 Å². The summed E-state index contributed by atoms with van der Waals surface area (Å²) in [5, 5.41) is 3.46. The lowest BCUT2D eigenvalue weighted by Crippen LogP contribution is -2.25. The van der Waals surface area contributed by atoms with Gasteiger partial charge in [0.2, 0.25) is 0 Å². The van der Waals surface area contributed by atoms with E-state index in [9.17, 15) is 14.0 Å². The van der Waals surface area contributed by atoms with Gasteiger partial charge in [0.05, 0.1) is 18.9 Å². The number of ether oxygens (including phenoxy) is 1. The van der Waals surface area contributed by atoms with Gasteiger partial charge in [-0.05, 0) is 48.2 Å². The number of imidazole rings is 1. The van der Waals surface area contributed by atoms with Crippen LogP contribution in [-0.2, 0) is 11.3 Å². The number of hydrogen-bond donors (Lipinski definition) is 1. The SMILES string of the molecule is COC(=O)c1ccc(CNC(=O)c2cnc(SC)n2-c2ccc(F)cc2)cc1. The summed E-state index contributed by atoms with van der Waals surface area (Å²) in [4.78, 5) is 28.4. The van der Waals surface area contributed by atoms with E-state index in [0.29, 0.717) is 22.1 Å². The molecule has 1 N–H and O–H groups in total. The fraction of sp³-hybridized carbons (Fsp3) is 0.150. The highest BCUT2D eigenvalue weighted by molar-refractivity contribution is 7.98. The molecule has 1 heterocycles. The van der Waals surface area contributed by atoms with Gasteiger partial charge >= 0.3 is 5.97 Å². The Morgan fingerprint density at radius 1 is 1.14 bits per heavy atom. The van der Waals surface area contributed by atoms with Crippen molar-refractivity contribution in [1.82, 2.24) is 14.9 Å². The zero-order valence-electron chi connectivity index (χ0n) is 15.3. The first-order valence-electron chi connectivity index (χ1n) is 8.36. The van der Waals surface area contributed by atoms with E-state index in [-0.39, 0.29) is 18.3 Å². The molecule has 8 heteroatoms. The summed E-state index contributed by atoms with van der Waals surface area (Å²) in [7, 11) is 1.32. The number of aromatic nitrogens is 2. The molecule has 0 aliphatic heterocycles. The number of nitrogens with zero attached hydrogens (tertiary/aromatic N) is 2. The minimum absolute atomic E-state index is 0.281. The number of nitrogens with one attached hydrogen (secondary N) is 1. The highest BCUT2D eigenvalue weighted by Crippen LogP contribution is 2.22. The summed E-state index contributed by atoms with van der Waals surface area (Å²) in [5.41, 5.74) is 2.27. The third-order valence-electron chi connectivity index (χ3n) is 4.06. The second kappa shape index (κ2) is 8.71. The summed E-state index contributed by atoms with van der Waals surface area (Å²) in [6.07, 6.45) is 3.35. The van der Waals surface area contributed by atoms with Gasteiger partial charge < -0.3 is 10.1 Å². The standard InChI is InChI=1S/C20H18FN3O3S/c1-27-19(26)14-5-3-13(4-6-14)11-22-18(25)17-12-23-20(28-2)24(17)16-9-7-15(21)8-10-16/h3-10,12H,11H2,1-2H3,(H,22,25). The summed E-state index contributed by atoms with van der Waals surface area (Å²) in [6.45, 7) is 0.281. The molecule has 28 heavy (non-hydrogen) atoms. The quantitative estimate of drug-likeness (QED) is 0.508. The van der Waals surface area contributed by atoms with Crippen molar-refractivity contribution >= 4 is 23.6 Å². The normalized spacial score (nSPS) is 10.5. The average molecular weight is 399 g/mol. The number of carbonyl (C=O) groups excluding carboxylic acids is 2. The van der Waals surface area contributed by atoms with Crippen molar-refractivity contribution in [2.24, 2.45) is 0 Å². The summed E-state index contributed by atoms with van der Waals surface area (Å²) >= 11 is 1.39. The largest absolute Gasteiger partial charge is 0.465 e. The van der Waals surface area contributed by atoms with Crippen LogP contribution in [0, 0.1) is 5.82 Å². The van der Waals surface area contributed by atoms with Crippen molar-refractivity contribution in [3.63, 3.8) is 0 Å². The Labute approximate surface area is 165 Å². The van der Waals surface area contributed by atoms with E-state index in [1.54, 1.807) is 41.0 Å². The van der Waals surface area contributed by atoms with Crippen LogP contribution < -0.4 is 5.32 Å². The molecule has 1 amide bonds. The van der Waals surface area contributed by atoms with Crippen molar-refractivity contribution in [1.29, 1.82) is 0 Å². The number of amides is 1. The molecule has 0 aliphatic carbocycles. The van der Waals surface area contributed by atoms with Crippen LogP contribution >= 0.6 is 11.8 Å². The first-order chi connectivity index (χ1) is 13.5. The van der Waals surface area contributed by atoms with Gasteiger partial charge in [-0.1, -0.05) is 23.9 Å². The van der Waals surface area contributed by atoms with E-state index in [1.165, 1.54) is 37.2 Å². The zero-order valence-corrected chi connectivity index (χ0v) is 16.1. The Balaban J connectivity index is 1.77. The van der Waals surface area contributed by atoms with Gasteiger partial charge in [0.25, 0.3) is 5.91 Å². The van der Waals surface area contributed by atoms with Gasteiger partial charge in [-0.25, -0.2) is 14.2 Å². The first kappa shape index (κ1) is 19.6. The molecule has 0 saturated heterocycles. The topological polar surface area (TPSA) is 73.2 Å². The van der Waals surface area contributed by atoms with Gasteiger partial charge in [0.1, 0.15) is 11.5 Å². The molecule has 0 unspecified atom stereocenters. The molecular weight excluding hydrogens is 381 g/mol. The molecule has 0 saturated carbocycles. The molecule has 3 aromatic rings.